The second-order valence-corrected chi connectivity index (χ2v) is 5.00. The highest BCUT2D eigenvalue weighted by Crippen LogP contribution is 2.31. The Balaban J connectivity index is 2.16. The van der Waals surface area contributed by atoms with Crippen LogP contribution in [0.5, 0.6) is 0 Å². The molecule has 4 nitrogen and oxygen atoms in total. The molecule has 0 saturated heterocycles. The topological polar surface area (TPSA) is 68.0 Å². The number of aryl methyl sites for hydroxylation is 1. The maximum Gasteiger partial charge on any atom is 0.152 e. The van der Waals surface area contributed by atoms with Gasteiger partial charge in [0.15, 0.2) is 6.29 Å². The molecule has 3 rings (SSSR count). The average molecular weight is 295 g/mol. The molecule has 3 N–H and O–H groups in total. The number of aromatic nitrogens is 1. The third-order valence-corrected chi connectivity index (χ3v) is 3.58. The van der Waals surface area contributed by atoms with Crippen molar-refractivity contribution in [2.45, 2.75) is 6.92 Å². The third kappa shape index (κ3) is 2.26. The summed E-state index contributed by atoms with van der Waals surface area (Å²) >= 11 is 0. The number of nitrogens with two attached hydrogens (primary N) is 1. The van der Waals surface area contributed by atoms with Crippen molar-refractivity contribution in [3.63, 3.8) is 0 Å². The summed E-state index contributed by atoms with van der Waals surface area (Å²) in [5.41, 5.74) is 9.26. The van der Waals surface area contributed by atoms with Gasteiger partial charge in [0.25, 0.3) is 0 Å². The molecular formula is C17H14FN3O. The lowest BCUT2D eigenvalue weighted by atomic mass is 10.1. The minimum absolute atomic E-state index is 0.329. The van der Waals surface area contributed by atoms with E-state index >= 15 is 0 Å². The summed E-state index contributed by atoms with van der Waals surface area (Å²) in [5.74, 6) is -0.360. The van der Waals surface area contributed by atoms with Gasteiger partial charge in [-0.25, -0.2) is 4.39 Å². The van der Waals surface area contributed by atoms with Crippen LogP contribution < -0.4 is 11.1 Å². The van der Waals surface area contributed by atoms with Crippen molar-refractivity contribution >= 4 is 34.3 Å². The minimum Gasteiger partial charge on any atom is -0.396 e. The van der Waals surface area contributed by atoms with E-state index in [0.29, 0.717) is 39.8 Å². The molecule has 1 aromatic heterocycles. The first-order chi connectivity index (χ1) is 10.6. The van der Waals surface area contributed by atoms with Crippen LogP contribution in [0.2, 0.25) is 0 Å². The Morgan fingerprint density at radius 1 is 1.18 bits per heavy atom. The van der Waals surface area contributed by atoms with Crippen LogP contribution in [-0.4, -0.2) is 11.3 Å². The molecule has 0 spiro atoms. The summed E-state index contributed by atoms with van der Waals surface area (Å²) in [7, 11) is 0. The molecule has 0 atom stereocenters. The number of benzene rings is 2. The van der Waals surface area contributed by atoms with Crippen molar-refractivity contribution in [3.8, 4) is 0 Å². The van der Waals surface area contributed by atoms with E-state index in [-0.39, 0.29) is 5.82 Å². The summed E-state index contributed by atoms with van der Waals surface area (Å²) in [6.07, 6.45) is 2.30. The Labute approximate surface area is 126 Å². The van der Waals surface area contributed by atoms with Gasteiger partial charge in [-0.15, -0.1) is 0 Å². The number of rotatable bonds is 3. The molecule has 0 bridgehead atoms. The van der Waals surface area contributed by atoms with Crippen molar-refractivity contribution in [1.29, 1.82) is 0 Å². The first kappa shape index (κ1) is 14.0. The second kappa shape index (κ2) is 5.44. The number of anilines is 3. The highest BCUT2D eigenvalue weighted by molar-refractivity contribution is 5.97. The van der Waals surface area contributed by atoms with Crippen molar-refractivity contribution in [2.75, 3.05) is 11.1 Å². The number of aldehydes is 1. The van der Waals surface area contributed by atoms with Crippen LogP contribution in [0.15, 0.2) is 42.6 Å². The standard InChI is InChI=1S/C17H14FN3O/c1-10-5-6-12(18)15-13(7-8-20-17(10)15)21-14-4-2-3-11(9-22)16(14)19/h2-9H,19H2,1H3,(H,20,21). The molecule has 0 aliphatic rings. The Kier molecular flexibility index (Phi) is 3.47. The zero-order chi connectivity index (χ0) is 15.7. The van der Waals surface area contributed by atoms with E-state index in [0.717, 1.165) is 5.56 Å². The van der Waals surface area contributed by atoms with Crippen LogP contribution in [0.1, 0.15) is 15.9 Å². The van der Waals surface area contributed by atoms with Crippen LogP contribution in [0.4, 0.5) is 21.5 Å². The number of carbonyl (C=O) groups is 1. The number of nitrogen functional groups attached to an aromatic ring is 1. The maximum atomic E-state index is 14.2. The van der Waals surface area contributed by atoms with Crippen molar-refractivity contribution in [2.24, 2.45) is 0 Å². The summed E-state index contributed by atoms with van der Waals surface area (Å²) < 4.78 is 14.2. The minimum atomic E-state index is -0.360. The number of hydrogen-bond acceptors (Lipinski definition) is 4. The molecule has 0 aliphatic carbocycles. The number of nitrogens with one attached hydrogen (secondary N) is 1. The van der Waals surface area contributed by atoms with E-state index in [1.165, 1.54) is 6.07 Å². The van der Waals surface area contributed by atoms with E-state index < -0.39 is 0 Å². The fourth-order valence-corrected chi connectivity index (χ4v) is 2.41. The molecule has 0 saturated carbocycles. The van der Waals surface area contributed by atoms with Gasteiger partial charge in [0.1, 0.15) is 5.82 Å². The number of para-hydroxylation sites is 1. The fraction of sp³-hybridized carbons (Fsp3) is 0.0588. The number of nitrogens with zero attached hydrogens (tertiary/aromatic N) is 1. The average Bonchev–Trinajstić information content (AvgIpc) is 2.53. The molecule has 22 heavy (non-hydrogen) atoms. The highest BCUT2D eigenvalue weighted by Gasteiger charge is 2.11. The zero-order valence-electron chi connectivity index (χ0n) is 11.9. The first-order valence-electron chi connectivity index (χ1n) is 6.76. The fourth-order valence-electron chi connectivity index (χ4n) is 2.41. The molecular weight excluding hydrogens is 281 g/mol. The number of fused-ring (bicyclic) bond motifs is 1. The van der Waals surface area contributed by atoms with Gasteiger partial charge in [-0.1, -0.05) is 12.1 Å². The quantitative estimate of drug-likeness (QED) is 0.569. The lowest BCUT2D eigenvalue weighted by Crippen LogP contribution is -2.01. The van der Waals surface area contributed by atoms with Gasteiger partial charge in [0, 0.05) is 11.8 Å². The van der Waals surface area contributed by atoms with E-state index in [1.54, 1.807) is 36.5 Å². The van der Waals surface area contributed by atoms with Gasteiger partial charge in [0.2, 0.25) is 0 Å². The predicted molar refractivity (Wildman–Crippen MR) is 86.0 cm³/mol. The summed E-state index contributed by atoms with van der Waals surface area (Å²) in [6, 6.07) is 9.86. The van der Waals surface area contributed by atoms with Crippen molar-refractivity contribution in [1.82, 2.24) is 4.98 Å². The third-order valence-electron chi connectivity index (χ3n) is 3.58. The molecule has 0 unspecified atom stereocenters. The summed E-state index contributed by atoms with van der Waals surface area (Å²) in [4.78, 5) is 15.2. The van der Waals surface area contributed by atoms with Crippen molar-refractivity contribution < 1.29 is 9.18 Å². The lowest BCUT2D eigenvalue weighted by Gasteiger charge is -2.13. The van der Waals surface area contributed by atoms with E-state index in [2.05, 4.69) is 10.3 Å². The number of carbonyl (C=O) groups excluding carboxylic acids is 1. The van der Waals surface area contributed by atoms with Gasteiger partial charge in [-0.05, 0) is 36.8 Å². The van der Waals surface area contributed by atoms with Gasteiger partial charge < -0.3 is 11.1 Å². The molecule has 0 fully saturated rings. The van der Waals surface area contributed by atoms with Crippen LogP contribution in [-0.2, 0) is 0 Å². The SMILES string of the molecule is Cc1ccc(F)c2c(Nc3cccc(C=O)c3N)ccnc12. The molecule has 0 aliphatic heterocycles. The molecule has 0 radical (unpaired) electrons. The van der Waals surface area contributed by atoms with Gasteiger partial charge in [-0.2, -0.15) is 0 Å². The molecule has 0 amide bonds. The molecule has 3 aromatic rings. The number of halogens is 1. The smallest absolute Gasteiger partial charge is 0.152 e. The molecule has 1 heterocycles. The van der Waals surface area contributed by atoms with Crippen molar-refractivity contribution in [3.05, 3.63) is 59.5 Å². The van der Waals surface area contributed by atoms with Gasteiger partial charge >= 0.3 is 0 Å². The Bertz CT molecular complexity index is 877. The van der Waals surface area contributed by atoms with E-state index in [9.17, 15) is 9.18 Å². The van der Waals surface area contributed by atoms with E-state index in [1.807, 2.05) is 6.92 Å². The maximum absolute atomic E-state index is 14.2. The zero-order valence-corrected chi connectivity index (χ0v) is 11.9. The van der Waals surface area contributed by atoms with Gasteiger partial charge in [-0.3, -0.25) is 9.78 Å². The molecule has 2 aromatic carbocycles. The Morgan fingerprint density at radius 2 is 2.00 bits per heavy atom. The largest absolute Gasteiger partial charge is 0.396 e. The van der Waals surface area contributed by atoms with Gasteiger partial charge in [0.05, 0.1) is 28.0 Å². The molecule has 110 valence electrons. The first-order valence-corrected chi connectivity index (χ1v) is 6.76. The normalized spacial score (nSPS) is 10.6. The van der Waals surface area contributed by atoms with Crippen LogP contribution in [0, 0.1) is 12.7 Å². The van der Waals surface area contributed by atoms with Crippen LogP contribution in [0.25, 0.3) is 10.9 Å². The highest BCUT2D eigenvalue weighted by atomic mass is 19.1. The Morgan fingerprint density at radius 3 is 2.77 bits per heavy atom. The number of hydrogen-bond donors (Lipinski definition) is 2. The summed E-state index contributed by atoms with van der Waals surface area (Å²) in [6.45, 7) is 1.87. The van der Waals surface area contributed by atoms with Crippen LogP contribution >= 0.6 is 0 Å². The van der Waals surface area contributed by atoms with E-state index in [4.69, 9.17) is 5.73 Å². The second-order valence-electron chi connectivity index (χ2n) is 5.00. The number of pyridine rings is 1. The Hall–Kier alpha value is -2.95. The summed E-state index contributed by atoms with van der Waals surface area (Å²) in [5, 5.41) is 3.50. The van der Waals surface area contributed by atoms with Crippen LogP contribution in [0.3, 0.4) is 0 Å². The predicted octanol–water partition coefficient (Wildman–Crippen LogP) is 3.82. The monoisotopic (exact) mass is 295 g/mol. The lowest BCUT2D eigenvalue weighted by molar-refractivity contribution is 0.112. The molecule has 5 heteroatoms.